The van der Waals surface area contributed by atoms with Gasteiger partial charge in [0.05, 0.1) is 17.6 Å². The van der Waals surface area contributed by atoms with Gasteiger partial charge in [-0.1, -0.05) is 13.8 Å². The Morgan fingerprint density at radius 3 is 2.79 bits per heavy atom. The molecular formula is C26H35N5O3. The number of anilines is 1. The number of nitrogens with one attached hydrogen (secondary N) is 1. The van der Waals surface area contributed by atoms with E-state index in [2.05, 4.69) is 41.1 Å². The molecule has 2 aliphatic rings. The van der Waals surface area contributed by atoms with Crippen LogP contribution in [0, 0.1) is 5.41 Å². The van der Waals surface area contributed by atoms with Crippen LogP contribution < -0.4 is 5.32 Å². The first kappa shape index (κ1) is 22.9. The van der Waals surface area contributed by atoms with Crippen LogP contribution >= 0.6 is 0 Å². The van der Waals surface area contributed by atoms with Gasteiger partial charge in [0.1, 0.15) is 11.2 Å². The highest BCUT2D eigenvalue weighted by Crippen LogP contribution is 2.41. The molecule has 1 unspecified atom stereocenters. The fourth-order valence-electron chi connectivity index (χ4n) is 4.96. The first-order valence-corrected chi connectivity index (χ1v) is 12.3. The number of carbonyl (C=O) groups excluding carboxylic acids is 1. The molecule has 8 heteroatoms. The van der Waals surface area contributed by atoms with Crippen LogP contribution in [0.25, 0.3) is 16.9 Å². The molecule has 1 aliphatic heterocycles. The van der Waals surface area contributed by atoms with Crippen molar-refractivity contribution in [1.29, 1.82) is 0 Å². The second-order valence-electron chi connectivity index (χ2n) is 11.3. The van der Waals surface area contributed by atoms with E-state index in [0.29, 0.717) is 5.82 Å². The summed E-state index contributed by atoms with van der Waals surface area (Å²) < 4.78 is 15.6. The minimum Gasteiger partial charge on any atom is -0.444 e. The van der Waals surface area contributed by atoms with Crippen LogP contribution in [0.15, 0.2) is 24.5 Å². The topological polar surface area (TPSA) is 82.7 Å². The molecule has 4 heterocycles. The smallest absolute Gasteiger partial charge is 0.413 e. The Hall–Kier alpha value is -2.87. The highest BCUT2D eigenvalue weighted by atomic mass is 16.6. The lowest BCUT2D eigenvalue weighted by Crippen LogP contribution is -2.27. The molecule has 1 fully saturated rings. The van der Waals surface area contributed by atoms with E-state index in [0.717, 1.165) is 62.0 Å². The van der Waals surface area contributed by atoms with E-state index in [9.17, 15) is 4.79 Å². The number of hydrogen-bond acceptors (Lipinski definition) is 5. The Labute approximate surface area is 200 Å². The summed E-state index contributed by atoms with van der Waals surface area (Å²) in [6, 6.07) is 4.07. The van der Waals surface area contributed by atoms with E-state index in [-0.39, 0.29) is 11.6 Å². The predicted molar refractivity (Wildman–Crippen MR) is 131 cm³/mol. The van der Waals surface area contributed by atoms with Crippen LogP contribution in [0.2, 0.25) is 0 Å². The predicted octanol–water partition coefficient (Wildman–Crippen LogP) is 5.76. The van der Waals surface area contributed by atoms with Crippen molar-refractivity contribution in [2.75, 3.05) is 11.9 Å². The van der Waals surface area contributed by atoms with Crippen molar-refractivity contribution in [2.45, 2.75) is 85.0 Å². The maximum Gasteiger partial charge on any atom is 0.413 e. The molecule has 0 radical (unpaired) electrons. The Balaban J connectivity index is 1.51. The van der Waals surface area contributed by atoms with E-state index in [1.54, 1.807) is 0 Å². The van der Waals surface area contributed by atoms with E-state index in [1.165, 1.54) is 11.3 Å². The van der Waals surface area contributed by atoms with Gasteiger partial charge in [-0.15, -0.1) is 0 Å². The van der Waals surface area contributed by atoms with Crippen LogP contribution in [0.3, 0.4) is 0 Å². The highest BCUT2D eigenvalue weighted by Gasteiger charge is 2.33. The molecule has 182 valence electrons. The number of fused-ring (bicyclic) bond motifs is 2. The number of imidazole rings is 1. The van der Waals surface area contributed by atoms with Crippen molar-refractivity contribution in [2.24, 2.45) is 5.41 Å². The molecule has 0 spiro atoms. The molecule has 5 rings (SSSR count). The number of ether oxygens (including phenoxy) is 2. The third-order valence-electron chi connectivity index (χ3n) is 6.57. The molecule has 8 nitrogen and oxygen atoms in total. The number of aromatic nitrogens is 4. The molecule has 1 N–H and O–H groups in total. The highest BCUT2D eigenvalue weighted by molar-refractivity contribution is 5.84. The zero-order valence-corrected chi connectivity index (χ0v) is 20.9. The lowest BCUT2D eigenvalue weighted by molar-refractivity contribution is -0.0386. The van der Waals surface area contributed by atoms with Gasteiger partial charge >= 0.3 is 6.09 Å². The van der Waals surface area contributed by atoms with Gasteiger partial charge in [0.2, 0.25) is 0 Å². The molecule has 34 heavy (non-hydrogen) atoms. The largest absolute Gasteiger partial charge is 0.444 e. The minimum absolute atomic E-state index is 0.0275. The normalized spacial score (nSPS) is 20.2. The molecule has 3 aromatic rings. The Kier molecular flexibility index (Phi) is 5.67. The number of pyridine rings is 1. The second kappa shape index (κ2) is 8.41. The second-order valence-corrected chi connectivity index (χ2v) is 11.3. The van der Waals surface area contributed by atoms with Gasteiger partial charge in [-0.25, -0.2) is 14.5 Å². The summed E-state index contributed by atoms with van der Waals surface area (Å²) in [5.41, 5.74) is 5.20. The van der Waals surface area contributed by atoms with Crippen LogP contribution in [-0.2, 0) is 22.3 Å². The van der Waals surface area contributed by atoms with E-state index in [1.807, 2.05) is 37.4 Å². The van der Waals surface area contributed by atoms with Gasteiger partial charge in [-0.3, -0.25) is 5.32 Å². The summed E-state index contributed by atoms with van der Waals surface area (Å²) in [5.74, 6) is 0.458. The lowest BCUT2D eigenvalue weighted by Gasteiger charge is -2.28. The monoisotopic (exact) mass is 465 g/mol. The average molecular weight is 466 g/mol. The van der Waals surface area contributed by atoms with Gasteiger partial charge in [-0.05, 0) is 76.8 Å². The molecule has 1 amide bonds. The van der Waals surface area contributed by atoms with Crippen molar-refractivity contribution < 1.29 is 14.3 Å². The SMILES string of the molecule is CC1(C)CCc2c(nn(C3CCCCO3)c2-c2ccc3nc(NC(=O)OC(C)(C)C)cn3c2)C1. The fourth-order valence-corrected chi connectivity index (χ4v) is 4.96. The number of amides is 1. The van der Waals surface area contributed by atoms with E-state index >= 15 is 0 Å². The van der Waals surface area contributed by atoms with Gasteiger partial charge < -0.3 is 13.9 Å². The Bertz CT molecular complexity index is 1210. The molecule has 1 atom stereocenters. The summed E-state index contributed by atoms with van der Waals surface area (Å²) in [4.78, 5) is 16.7. The van der Waals surface area contributed by atoms with Crippen molar-refractivity contribution in [1.82, 2.24) is 19.2 Å². The standard InChI is InChI=1S/C26H35N5O3/c1-25(2,3)34-24(32)28-20-16-30-15-17(9-10-21(30)27-20)23-18-11-12-26(4,5)14-19(18)29-31(23)22-8-6-7-13-33-22/h9-10,15-16,22H,6-8,11-14H2,1-5H3,(H,28,32). The first-order valence-electron chi connectivity index (χ1n) is 12.3. The van der Waals surface area contributed by atoms with Crippen LogP contribution in [0.1, 0.15) is 77.8 Å². The molecule has 1 saturated heterocycles. The molecule has 0 bridgehead atoms. The minimum atomic E-state index is -0.566. The number of rotatable bonds is 3. The molecule has 1 aliphatic carbocycles. The molecule has 0 aromatic carbocycles. The number of hydrogen-bond donors (Lipinski definition) is 1. The summed E-state index contributed by atoms with van der Waals surface area (Å²) in [5, 5.41) is 7.83. The van der Waals surface area contributed by atoms with Gasteiger partial charge in [0.25, 0.3) is 0 Å². The van der Waals surface area contributed by atoms with E-state index < -0.39 is 11.7 Å². The maximum absolute atomic E-state index is 12.2. The number of nitrogens with zero attached hydrogens (tertiary/aromatic N) is 4. The van der Waals surface area contributed by atoms with Gasteiger partial charge in [0, 0.05) is 23.9 Å². The van der Waals surface area contributed by atoms with Crippen molar-refractivity contribution in [3.05, 3.63) is 35.8 Å². The summed E-state index contributed by atoms with van der Waals surface area (Å²) >= 11 is 0. The quantitative estimate of drug-likeness (QED) is 0.532. The Morgan fingerprint density at radius 1 is 1.24 bits per heavy atom. The van der Waals surface area contributed by atoms with E-state index in [4.69, 9.17) is 14.6 Å². The van der Waals surface area contributed by atoms with Crippen molar-refractivity contribution in [3.8, 4) is 11.3 Å². The summed E-state index contributed by atoms with van der Waals surface area (Å²) in [6.07, 6.45) is 9.71. The average Bonchev–Trinajstić information content (AvgIpc) is 3.31. The zero-order valence-electron chi connectivity index (χ0n) is 20.9. The molecule has 0 saturated carbocycles. The fraction of sp³-hybridized carbons (Fsp3) is 0.577. The van der Waals surface area contributed by atoms with Gasteiger partial charge in [0.15, 0.2) is 12.0 Å². The maximum atomic E-state index is 12.2. The Morgan fingerprint density at radius 2 is 2.06 bits per heavy atom. The number of carbonyl (C=O) groups is 1. The third kappa shape index (κ3) is 4.69. The summed E-state index contributed by atoms with van der Waals surface area (Å²) in [6.45, 7) is 10.9. The molecular weight excluding hydrogens is 430 g/mol. The van der Waals surface area contributed by atoms with Gasteiger partial charge in [-0.2, -0.15) is 5.10 Å². The third-order valence-corrected chi connectivity index (χ3v) is 6.57. The molecule has 3 aromatic heterocycles. The lowest BCUT2D eigenvalue weighted by atomic mass is 9.76. The van der Waals surface area contributed by atoms with Crippen LogP contribution in [0.4, 0.5) is 10.6 Å². The van der Waals surface area contributed by atoms with Crippen LogP contribution in [0.5, 0.6) is 0 Å². The zero-order chi connectivity index (χ0) is 24.1. The van der Waals surface area contributed by atoms with Crippen LogP contribution in [-0.4, -0.2) is 37.5 Å². The first-order chi connectivity index (χ1) is 16.1. The van der Waals surface area contributed by atoms with Crippen molar-refractivity contribution in [3.63, 3.8) is 0 Å². The summed E-state index contributed by atoms with van der Waals surface area (Å²) in [7, 11) is 0. The van der Waals surface area contributed by atoms with Crippen molar-refractivity contribution >= 4 is 17.6 Å².